The average Bonchev–Trinajstić information content (AvgIpc) is 2.65. The Morgan fingerprint density at radius 1 is 1.47 bits per heavy atom. The fraction of sp³-hybridized carbons (Fsp3) is 0.333. The maximum absolute atomic E-state index is 10.9. The molecule has 2 aromatic rings. The minimum absolute atomic E-state index is 0.147. The van der Waals surface area contributed by atoms with Crippen molar-refractivity contribution >= 4 is 11.6 Å². The highest BCUT2D eigenvalue weighted by molar-refractivity contribution is 5.53. The number of nitro groups is 1. The molecule has 1 N–H and O–H groups in total. The summed E-state index contributed by atoms with van der Waals surface area (Å²) < 4.78 is 1.68. The van der Waals surface area contributed by atoms with Gasteiger partial charge in [-0.2, -0.15) is 0 Å². The largest absolute Gasteiger partial charge is 0.406 e. The standard InChI is InChI=1S/C12H15N5O2/c1-8-6-13-5-4-10(8)7-14-11-12(17(18)19)15-9(2)16(11)3/h4-6,14H,7H2,1-3H3. The van der Waals surface area contributed by atoms with Gasteiger partial charge in [-0.3, -0.25) is 9.55 Å². The molecule has 2 aromatic heterocycles. The van der Waals surface area contributed by atoms with Gasteiger partial charge in [0.05, 0.1) is 0 Å². The molecule has 0 saturated heterocycles. The van der Waals surface area contributed by atoms with Crippen LogP contribution in [0, 0.1) is 24.0 Å². The van der Waals surface area contributed by atoms with Crippen LogP contribution in [-0.2, 0) is 13.6 Å². The fourth-order valence-electron chi connectivity index (χ4n) is 1.80. The van der Waals surface area contributed by atoms with E-state index in [-0.39, 0.29) is 5.82 Å². The molecule has 0 aromatic carbocycles. The Hall–Kier alpha value is -2.44. The number of aromatic nitrogens is 3. The molecule has 7 heteroatoms. The van der Waals surface area contributed by atoms with E-state index >= 15 is 0 Å². The van der Waals surface area contributed by atoms with Gasteiger partial charge in [-0.25, -0.2) is 0 Å². The van der Waals surface area contributed by atoms with Crippen LogP contribution in [0.15, 0.2) is 18.5 Å². The van der Waals surface area contributed by atoms with Crippen LogP contribution < -0.4 is 5.32 Å². The van der Waals surface area contributed by atoms with Gasteiger partial charge in [0.1, 0.15) is 0 Å². The van der Waals surface area contributed by atoms with Crippen LogP contribution in [0.25, 0.3) is 0 Å². The van der Waals surface area contributed by atoms with Crippen molar-refractivity contribution < 1.29 is 4.92 Å². The second-order valence-corrected chi connectivity index (χ2v) is 4.30. The van der Waals surface area contributed by atoms with Gasteiger partial charge in [0.25, 0.3) is 0 Å². The predicted octanol–water partition coefficient (Wildman–Crippen LogP) is 1.95. The van der Waals surface area contributed by atoms with Gasteiger partial charge >= 0.3 is 5.82 Å². The maximum atomic E-state index is 10.9. The zero-order chi connectivity index (χ0) is 14.0. The van der Waals surface area contributed by atoms with Crippen molar-refractivity contribution in [3.8, 4) is 0 Å². The number of aryl methyl sites for hydroxylation is 2. The molecule has 0 spiro atoms. The quantitative estimate of drug-likeness (QED) is 0.671. The van der Waals surface area contributed by atoms with E-state index in [0.29, 0.717) is 18.2 Å². The number of nitrogens with one attached hydrogen (secondary N) is 1. The molecular weight excluding hydrogens is 246 g/mol. The molecule has 19 heavy (non-hydrogen) atoms. The topological polar surface area (TPSA) is 85.9 Å². The first-order chi connectivity index (χ1) is 9.00. The first-order valence-electron chi connectivity index (χ1n) is 5.81. The van der Waals surface area contributed by atoms with Gasteiger partial charge in [-0.05, 0) is 34.0 Å². The van der Waals surface area contributed by atoms with Gasteiger partial charge in [-0.1, -0.05) is 0 Å². The first kappa shape index (κ1) is 13.0. The van der Waals surface area contributed by atoms with Gasteiger partial charge in [0, 0.05) is 32.9 Å². The SMILES string of the molecule is Cc1cnccc1CNc1c([N+](=O)[O-])nc(C)n1C. The lowest BCUT2D eigenvalue weighted by Gasteiger charge is -2.08. The molecule has 7 nitrogen and oxygen atoms in total. The lowest BCUT2D eigenvalue weighted by Crippen LogP contribution is -2.07. The summed E-state index contributed by atoms with van der Waals surface area (Å²) >= 11 is 0. The lowest BCUT2D eigenvalue weighted by molar-refractivity contribution is -0.388. The minimum Gasteiger partial charge on any atom is -0.360 e. The summed E-state index contributed by atoms with van der Waals surface area (Å²) in [6.07, 6.45) is 3.47. The highest BCUT2D eigenvalue weighted by Gasteiger charge is 2.23. The molecule has 0 atom stereocenters. The maximum Gasteiger partial charge on any atom is 0.406 e. The number of hydrogen-bond acceptors (Lipinski definition) is 5. The van der Waals surface area contributed by atoms with Crippen LogP contribution in [0.3, 0.4) is 0 Å². The Balaban J connectivity index is 2.25. The molecule has 100 valence electrons. The summed E-state index contributed by atoms with van der Waals surface area (Å²) in [7, 11) is 1.75. The summed E-state index contributed by atoms with van der Waals surface area (Å²) in [5.41, 5.74) is 2.08. The van der Waals surface area contributed by atoms with Crippen molar-refractivity contribution in [3.63, 3.8) is 0 Å². The van der Waals surface area contributed by atoms with E-state index in [1.165, 1.54) is 0 Å². The summed E-state index contributed by atoms with van der Waals surface area (Å²) in [5.74, 6) is 0.867. The van der Waals surface area contributed by atoms with Crippen molar-refractivity contribution in [2.24, 2.45) is 7.05 Å². The number of anilines is 1. The molecule has 0 amide bonds. The monoisotopic (exact) mass is 261 g/mol. The number of hydrogen-bond donors (Lipinski definition) is 1. The van der Waals surface area contributed by atoms with Crippen LogP contribution >= 0.6 is 0 Å². The van der Waals surface area contributed by atoms with E-state index in [9.17, 15) is 10.1 Å². The summed E-state index contributed by atoms with van der Waals surface area (Å²) in [6, 6.07) is 1.89. The van der Waals surface area contributed by atoms with Crippen molar-refractivity contribution in [3.05, 3.63) is 45.5 Å². The Labute approximate surface area is 110 Å². The predicted molar refractivity (Wildman–Crippen MR) is 70.9 cm³/mol. The smallest absolute Gasteiger partial charge is 0.360 e. The Morgan fingerprint density at radius 2 is 2.21 bits per heavy atom. The fourth-order valence-corrected chi connectivity index (χ4v) is 1.80. The summed E-state index contributed by atoms with van der Waals surface area (Å²) in [6.45, 7) is 4.18. The third-order valence-electron chi connectivity index (χ3n) is 3.06. The van der Waals surface area contributed by atoms with Crippen LogP contribution in [-0.4, -0.2) is 19.5 Å². The van der Waals surface area contributed by atoms with Crippen LogP contribution in [0.5, 0.6) is 0 Å². The van der Waals surface area contributed by atoms with Crippen molar-refractivity contribution in [1.82, 2.24) is 14.5 Å². The van der Waals surface area contributed by atoms with E-state index in [0.717, 1.165) is 11.1 Å². The normalized spacial score (nSPS) is 10.5. The van der Waals surface area contributed by atoms with Crippen molar-refractivity contribution in [1.29, 1.82) is 0 Å². The molecule has 2 rings (SSSR count). The summed E-state index contributed by atoms with van der Waals surface area (Å²) in [5, 5.41) is 14.0. The average molecular weight is 261 g/mol. The zero-order valence-electron chi connectivity index (χ0n) is 11.0. The minimum atomic E-state index is -0.477. The van der Waals surface area contributed by atoms with Gasteiger partial charge in [-0.15, -0.1) is 0 Å². The van der Waals surface area contributed by atoms with Crippen LogP contribution in [0.2, 0.25) is 0 Å². The van der Waals surface area contributed by atoms with Crippen molar-refractivity contribution in [2.45, 2.75) is 20.4 Å². The van der Waals surface area contributed by atoms with E-state index in [2.05, 4.69) is 15.3 Å². The highest BCUT2D eigenvalue weighted by Crippen LogP contribution is 2.24. The van der Waals surface area contributed by atoms with E-state index in [1.807, 2.05) is 13.0 Å². The van der Waals surface area contributed by atoms with Crippen LogP contribution in [0.1, 0.15) is 17.0 Å². The molecule has 0 bridgehead atoms. The number of pyridine rings is 1. The molecule has 0 fully saturated rings. The van der Waals surface area contributed by atoms with Gasteiger partial charge in [0.15, 0.2) is 0 Å². The van der Waals surface area contributed by atoms with Gasteiger partial charge in [0.2, 0.25) is 11.6 Å². The van der Waals surface area contributed by atoms with Crippen molar-refractivity contribution in [2.75, 3.05) is 5.32 Å². The molecule has 0 aliphatic carbocycles. The van der Waals surface area contributed by atoms with E-state index < -0.39 is 4.92 Å². The molecule has 0 aliphatic rings. The molecule has 0 aliphatic heterocycles. The summed E-state index contributed by atoms with van der Waals surface area (Å²) in [4.78, 5) is 18.4. The van der Waals surface area contributed by atoms with Gasteiger partial charge < -0.3 is 15.4 Å². The molecule has 0 radical (unpaired) electrons. The third kappa shape index (κ3) is 2.54. The second-order valence-electron chi connectivity index (χ2n) is 4.30. The Kier molecular flexibility index (Phi) is 3.46. The number of imidazole rings is 1. The zero-order valence-corrected chi connectivity index (χ0v) is 11.0. The van der Waals surface area contributed by atoms with E-state index in [1.54, 1.807) is 30.9 Å². The Morgan fingerprint density at radius 3 is 2.84 bits per heavy atom. The third-order valence-corrected chi connectivity index (χ3v) is 3.06. The first-order valence-corrected chi connectivity index (χ1v) is 5.81. The molecule has 0 saturated carbocycles. The second kappa shape index (κ2) is 5.05. The number of nitrogens with zero attached hydrogens (tertiary/aromatic N) is 4. The van der Waals surface area contributed by atoms with E-state index in [4.69, 9.17) is 0 Å². The number of rotatable bonds is 4. The molecule has 2 heterocycles. The molecular formula is C12H15N5O2. The van der Waals surface area contributed by atoms with Crippen LogP contribution in [0.4, 0.5) is 11.6 Å². The Bertz CT molecular complexity index is 621. The highest BCUT2D eigenvalue weighted by atomic mass is 16.6. The lowest BCUT2D eigenvalue weighted by atomic mass is 10.1. The molecule has 0 unspecified atom stereocenters.